The molecule has 0 spiro atoms. The number of rotatable bonds is 2. The molecule has 0 aliphatic rings. The summed E-state index contributed by atoms with van der Waals surface area (Å²) in [6.07, 6.45) is -1.46. The monoisotopic (exact) mass is 209 g/mol. The lowest BCUT2D eigenvalue weighted by molar-refractivity contribution is 0.0696. The number of aromatic carboxylic acids is 1. The minimum Gasteiger partial charge on any atom is -0.478 e. The molecule has 0 atom stereocenters. The molecular weight excluding hydrogens is 202 g/mol. The van der Waals surface area contributed by atoms with E-state index in [2.05, 4.69) is 0 Å². The first kappa shape index (κ1) is 10.7. The van der Waals surface area contributed by atoms with Crippen LogP contribution >= 0.6 is 0 Å². The van der Waals surface area contributed by atoms with Gasteiger partial charge in [-0.15, -0.1) is 0 Å². The smallest absolute Gasteiger partial charge is 0.411 e. The minimum atomic E-state index is -1.46. The molecule has 1 rings (SSSR count). The zero-order valence-electron chi connectivity index (χ0n) is 7.43. The molecule has 1 aromatic carbocycles. The summed E-state index contributed by atoms with van der Waals surface area (Å²) < 4.78 is 0. The van der Waals surface area contributed by atoms with Crippen LogP contribution in [0.25, 0.3) is 0 Å². The summed E-state index contributed by atoms with van der Waals surface area (Å²) in [6, 6.07) is 4.92. The first-order chi connectivity index (χ1) is 7.00. The van der Waals surface area contributed by atoms with Gasteiger partial charge in [0.2, 0.25) is 0 Å². The van der Waals surface area contributed by atoms with Crippen LogP contribution in [0.2, 0.25) is 0 Å². The Bertz CT molecular complexity index is 409. The predicted molar refractivity (Wildman–Crippen MR) is 48.9 cm³/mol. The highest BCUT2D eigenvalue weighted by atomic mass is 16.4. The van der Waals surface area contributed by atoms with Gasteiger partial charge in [0.15, 0.2) is 0 Å². The van der Waals surface area contributed by atoms with Gasteiger partial charge < -0.3 is 10.2 Å². The SMILES string of the molecule is O=C(O)NC(=O)c1ccc(C(=O)O)cc1. The quantitative estimate of drug-likeness (QED) is 0.668. The molecule has 0 unspecified atom stereocenters. The van der Waals surface area contributed by atoms with E-state index in [-0.39, 0.29) is 11.1 Å². The number of carbonyl (C=O) groups is 3. The second-order valence-electron chi connectivity index (χ2n) is 2.64. The second-order valence-corrected chi connectivity index (χ2v) is 2.64. The molecule has 0 bridgehead atoms. The van der Waals surface area contributed by atoms with Crippen molar-refractivity contribution in [2.45, 2.75) is 0 Å². The van der Waals surface area contributed by atoms with E-state index in [4.69, 9.17) is 10.2 Å². The largest absolute Gasteiger partial charge is 0.478 e. The predicted octanol–water partition coefficient (Wildman–Crippen LogP) is 0.793. The van der Waals surface area contributed by atoms with Crippen molar-refractivity contribution in [2.24, 2.45) is 0 Å². The Morgan fingerprint density at radius 3 is 1.80 bits per heavy atom. The van der Waals surface area contributed by atoms with Crippen LogP contribution in [0.15, 0.2) is 24.3 Å². The number of amides is 2. The highest BCUT2D eigenvalue weighted by Crippen LogP contribution is 2.04. The first-order valence-electron chi connectivity index (χ1n) is 3.88. The molecule has 0 aromatic heterocycles. The number of imide groups is 1. The van der Waals surface area contributed by atoms with Crippen molar-refractivity contribution >= 4 is 18.0 Å². The van der Waals surface area contributed by atoms with E-state index in [1.807, 2.05) is 0 Å². The Balaban J connectivity index is 2.84. The second kappa shape index (κ2) is 4.23. The van der Waals surface area contributed by atoms with Crippen molar-refractivity contribution in [3.05, 3.63) is 35.4 Å². The van der Waals surface area contributed by atoms with Crippen LogP contribution in [0.3, 0.4) is 0 Å². The molecule has 3 N–H and O–H groups in total. The van der Waals surface area contributed by atoms with Gasteiger partial charge >= 0.3 is 12.1 Å². The Kier molecular flexibility index (Phi) is 3.02. The van der Waals surface area contributed by atoms with Crippen LogP contribution in [0, 0.1) is 0 Å². The van der Waals surface area contributed by atoms with Crippen molar-refractivity contribution in [3.63, 3.8) is 0 Å². The number of benzene rings is 1. The fraction of sp³-hybridized carbons (Fsp3) is 0. The van der Waals surface area contributed by atoms with Crippen molar-refractivity contribution in [3.8, 4) is 0 Å². The van der Waals surface area contributed by atoms with Crippen LogP contribution in [0.5, 0.6) is 0 Å². The summed E-state index contributed by atoms with van der Waals surface area (Å²) in [5, 5.41) is 18.5. The maximum absolute atomic E-state index is 11.1. The molecule has 0 aliphatic heterocycles. The molecule has 0 fully saturated rings. The molecule has 15 heavy (non-hydrogen) atoms. The van der Waals surface area contributed by atoms with E-state index in [9.17, 15) is 14.4 Å². The first-order valence-corrected chi connectivity index (χ1v) is 3.88. The zero-order valence-corrected chi connectivity index (χ0v) is 7.43. The van der Waals surface area contributed by atoms with Gasteiger partial charge in [-0.3, -0.25) is 10.1 Å². The molecule has 1 aromatic rings. The van der Waals surface area contributed by atoms with Gasteiger partial charge in [-0.05, 0) is 24.3 Å². The lowest BCUT2D eigenvalue weighted by Gasteiger charge is -2.00. The summed E-state index contributed by atoms with van der Waals surface area (Å²) in [5.41, 5.74) is 0.115. The molecule has 0 heterocycles. The van der Waals surface area contributed by atoms with E-state index < -0.39 is 18.0 Å². The average molecular weight is 209 g/mol. The lowest BCUT2D eigenvalue weighted by atomic mass is 10.1. The van der Waals surface area contributed by atoms with Gasteiger partial charge in [-0.2, -0.15) is 0 Å². The summed E-state index contributed by atoms with van der Waals surface area (Å²) in [4.78, 5) is 31.7. The Morgan fingerprint density at radius 1 is 0.933 bits per heavy atom. The normalized spacial score (nSPS) is 9.33. The summed E-state index contributed by atoms with van der Waals surface area (Å²) in [7, 11) is 0. The molecular formula is C9H7NO5. The van der Waals surface area contributed by atoms with E-state index >= 15 is 0 Å². The van der Waals surface area contributed by atoms with Crippen LogP contribution in [-0.2, 0) is 0 Å². The number of carboxylic acids is 1. The van der Waals surface area contributed by atoms with Gasteiger partial charge in [0.05, 0.1) is 5.56 Å². The molecule has 0 aliphatic carbocycles. The maximum atomic E-state index is 11.1. The molecule has 2 amide bonds. The number of carbonyl (C=O) groups excluding carboxylic acids is 1. The van der Waals surface area contributed by atoms with Crippen LogP contribution in [0.4, 0.5) is 4.79 Å². The topological polar surface area (TPSA) is 104 Å². The molecule has 6 nitrogen and oxygen atoms in total. The van der Waals surface area contributed by atoms with E-state index in [0.29, 0.717) is 0 Å². The fourth-order valence-electron chi connectivity index (χ4n) is 0.933. The van der Waals surface area contributed by atoms with Crippen LogP contribution < -0.4 is 5.32 Å². The standard InChI is InChI=1S/C9H7NO5/c11-7(10-9(14)15)5-1-3-6(4-2-5)8(12)13/h1-4H,(H,10,11)(H,12,13)(H,14,15). The van der Waals surface area contributed by atoms with Gasteiger partial charge in [-0.1, -0.05) is 0 Å². The average Bonchev–Trinajstić information content (AvgIpc) is 2.17. The lowest BCUT2D eigenvalue weighted by Crippen LogP contribution is -2.28. The third-order valence-corrected chi connectivity index (χ3v) is 1.61. The summed E-state index contributed by atoms with van der Waals surface area (Å²) in [5.74, 6) is -1.90. The highest BCUT2D eigenvalue weighted by Gasteiger charge is 2.09. The number of nitrogens with one attached hydrogen (secondary N) is 1. The van der Waals surface area contributed by atoms with Crippen molar-refractivity contribution in [1.29, 1.82) is 0 Å². The van der Waals surface area contributed by atoms with Crippen molar-refractivity contribution < 1.29 is 24.6 Å². The fourth-order valence-corrected chi connectivity index (χ4v) is 0.933. The van der Waals surface area contributed by atoms with Gasteiger partial charge in [0.1, 0.15) is 0 Å². The molecule has 6 heteroatoms. The van der Waals surface area contributed by atoms with Gasteiger partial charge in [-0.25, -0.2) is 9.59 Å². The molecule has 0 radical (unpaired) electrons. The zero-order chi connectivity index (χ0) is 11.4. The van der Waals surface area contributed by atoms with E-state index in [0.717, 1.165) is 0 Å². The Labute approximate surface area is 84.1 Å². The summed E-state index contributed by atoms with van der Waals surface area (Å²) in [6.45, 7) is 0. The Morgan fingerprint density at radius 2 is 1.40 bits per heavy atom. The third kappa shape index (κ3) is 2.80. The van der Waals surface area contributed by atoms with Gasteiger partial charge in [0.25, 0.3) is 5.91 Å². The number of hydrogen-bond donors (Lipinski definition) is 3. The molecule has 0 saturated carbocycles. The highest BCUT2D eigenvalue weighted by molar-refractivity contribution is 6.02. The summed E-state index contributed by atoms with van der Waals surface area (Å²) >= 11 is 0. The maximum Gasteiger partial charge on any atom is 0.411 e. The third-order valence-electron chi connectivity index (χ3n) is 1.61. The van der Waals surface area contributed by atoms with E-state index in [1.54, 1.807) is 5.32 Å². The van der Waals surface area contributed by atoms with Crippen LogP contribution in [-0.4, -0.2) is 28.2 Å². The minimum absolute atomic E-state index is 0.0295. The number of hydrogen-bond acceptors (Lipinski definition) is 3. The van der Waals surface area contributed by atoms with Crippen LogP contribution in [0.1, 0.15) is 20.7 Å². The Hall–Kier alpha value is -2.37. The van der Waals surface area contributed by atoms with Crippen molar-refractivity contribution in [1.82, 2.24) is 5.32 Å². The molecule has 78 valence electrons. The van der Waals surface area contributed by atoms with Crippen molar-refractivity contribution in [2.75, 3.05) is 0 Å². The van der Waals surface area contributed by atoms with Gasteiger partial charge in [0, 0.05) is 5.56 Å². The number of carboxylic acid groups (broad SMARTS) is 2. The van der Waals surface area contributed by atoms with E-state index in [1.165, 1.54) is 24.3 Å². The molecule has 0 saturated heterocycles.